The van der Waals surface area contributed by atoms with E-state index < -0.39 is 0 Å². The van der Waals surface area contributed by atoms with Crippen LogP contribution in [-0.4, -0.2) is 0 Å². The molecule has 84 valence electrons. The van der Waals surface area contributed by atoms with Crippen molar-refractivity contribution in [1.82, 2.24) is 0 Å². The summed E-state index contributed by atoms with van der Waals surface area (Å²) in [5, 5.41) is 2.08. The van der Waals surface area contributed by atoms with Gasteiger partial charge in [-0.1, -0.05) is 40.9 Å². The van der Waals surface area contributed by atoms with Crippen LogP contribution in [0, 0.1) is 13.8 Å². The second-order valence-corrected chi connectivity index (χ2v) is 5.46. The number of hydrogen-bond donors (Lipinski definition) is 1. The predicted octanol–water partition coefficient (Wildman–Crippen LogP) is 4.14. The Bertz CT molecular complexity index is 496. The molecule has 0 aliphatic rings. The molecule has 0 spiro atoms. The molecule has 0 aliphatic heterocycles. The Hall–Kier alpha value is -0.830. The number of halogens is 1. The van der Waals surface area contributed by atoms with E-state index in [1.807, 2.05) is 0 Å². The van der Waals surface area contributed by atoms with Crippen molar-refractivity contribution in [3.63, 3.8) is 0 Å². The van der Waals surface area contributed by atoms with Gasteiger partial charge in [0.1, 0.15) is 0 Å². The molecule has 2 rings (SSSR count). The van der Waals surface area contributed by atoms with E-state index in [1.165, 1.54) is 22.3 Å². The molecule has 0 saturated carbocycles. The maximum atomic E-state index is 6.11. The maximum Gasteiger partial charge on any atom is 0.0979 e. The second kappa shape index (κ2) is 4.58. The van der Waals surface area contributed by atoms with Crippen molar-refractivity contribution in [2.75, 3.05) is 0 Å². The second-order valence-electron chi connectivity index (χ2n) is 3.98. The Labute approximate surface area is 105 Å². The molecule has 2 aromatic rings. The van der Waals surface area contributed by atoms with Crippen molar-refractivity contribution >= 4 is 22.9 Å². The van der Waals surface area contributed by atoms with Gasteiger partial charge in [0.2, 0.25) is 0 Å². The van der Waals surface area contributed by atoms with E-state index in [0.29, 0.717) is 6.54 Å². The highest BCUT2D eigenvalue weighted by molar-refractivity contribution is 7.15. The molecule has 0 unspecified atom stereocenters. The molecular weight excluding hydrogens is 238 g/mol. The highest BCUT2D eigenvalue weighted by Gasteiger charge is 2.10. The van der Waals surface area contributed by atoms with Gasteiger partial charge in [0.15, 0.2) is 0 Å². The zero-order valence-corrected chi connectivity index (χ0v) is 11.0. The van der Waals surface area contributed by atoms with Crippen molar-refractivity contribution in [1.29, 1.82) is 0 Å². The van der Waals surface area contributed by atoms with Crippen LogP contribution >= 0.6 is 22.9 Å². The van der Waals surface area contributed by atoms with E-state index in [1.54, 1.807) is 11.3 Å². The van der Waals surface area contributed by atoms with Crippen LogP contribution in [0.1, 0.15) is 16.7 Å². The summed E-state index contributed by atoms with van der Waals surface area (Å²) in [6.45, 7) is 4.70. The van der Waals surface area contributed by atoms with Crippen molar-refractivity contribution in [3.05, 3.63) is 44.6 Å². The third-order valence-electron chi connectivity index (χ3n) is 2.58. The first kappa shape index (κ1) is 11.6. The molecule has 0 bridgehead atoms. The lowest BCUT2D eigenvalue weighted by atomic mass is 10.0. The Balaban J connectivity index is 2.58. The average molecular weight is 252 g/mol. The van der Waals surface area contributed by atoms with Gasteiger partial charge in [-0.3, -0.25) is 0 Å². The Kier molecular flexibility index (Phi) is 3.33. The number of aryl methyl sites for hydroxylation is 2. The zero-order chi connectivity index (χ0) is 11.7. The van der Waals surface area contributed by atoms with Gasteiger partial charge in [0.25, 0.3) is 0 Å². The predicted molar refractivity (Wildman–Crippen MR) is 72.1 cm³/mol. The summed E-state index contributed by atoms with van der Waals surface area (Å²) in [6.07, 6.45) is 0. The van der Waals surface area contributed by atoms with Crippen LogP contribution in [0.2, 0.25) is 4.34 Å². The molecule has 2 N–H and O–H groups in total. The van der Waals surface area contributed by atoms with E-state index in [9.17, 15) is 0 Å². The van der Waals surface area contributed by atoms with Gasteiger partial charge in [-0.15, -0.1) is 11.3 Å². The van der Waals surface area contributed by atoms with Crippen molar-refractivity contribution in [2.45, 2.75) is 20.4 Å². The summed E-state index contributed by atoms with van der Waals surface area (Å²) in [4.78, 5) is 0. The first-order valence-electron chi connectivity index (χ1n) is 5.16. The summed E-state index contributed by atoms with van der Waals surface area (Å²) < 4.78 is 0.802. The van der Waals surface area contributed by atoms with E-state index in [-0.39, 0.29) is 0 Å². The van der Waals surface area contributed by atoms with Crippen LogP contribution in [-0.2, 0) is 6.54 Å². The quantitative estimate of drug-likeness (QED) is 0.853. The van der Waals surface area contributed by atoms with Gasteiger partial charge in [-0.05, 0) is 25.0 Å². The third-order valence-corrected chi connectivity index (χ3v) is 3.88. The van der Waals surface area contributed by atoms with Gasteiger partial charge >= 0.3 is 0 Å². The fraction of sp³-hybridized carbons (Fsp3) is 0.231. The van der Waals surface area contributed by atoms with Crippen LogP contribution in [0.15, 0.2) is 23.6 Å². The Morgan fingerprint density at radius 2 is 1.81 bits per heavy atom. The lowest BCUT2D eigenvalue weighted by Crippen LogP contribution is -1.97. The van der Waals surface area contributed by atoms with Crippen molar-refractivity contribution in [3.8, 4) is 11.1 Å². The summed E-state index contributed by atoms with van der Waals surface area (Å²) in [5.41, 5.74) is 11.7. The molecule has 1 aromatic carbocycles. The zero-order valence-electron chi connectivity index (χ0n) is 9.38. The smallest absolute Gasteiger partial charge is 0.0979 e. The molecule has 0 radical (unpaired) electrons. The highest BCUT2D eigenvalue weighted by Crippen LogP contribution is 2.35. The average Bonchev–Trinajstić information content (AvgIpc) is 2.58. The molecule has 0 saturated heterocycles. The normalized spacial score (nSPS) is 10.8. The summed E-state index contributed by atoms with van der Waals surface area (Å²) in [6, 6.07) is 6.51. The number of nitrogens with two attached hydrogens (primary N) is 1. The number of thiophene rings is 1. The van der Waals surface area contributed by atoms with Gasteiger partial charge in [-0.2, -0.15) is 0 Å². The van der Waals surface area contributed by atoms with Gasteiger partial charge < -0.3 is 5.73 Å². The van der Waals surface area contributed by atoms with Crippen LogP contribution in [0.25, 0.3) is 11.1 Å². The fourth-order valence-corrected chi connectivity index (χ4v) is 3.07. The molecule has 16 heavy (non-hydrogen) atoms. The minimum Gasteiger partial charge on any atom is -0.326 e. The molecular formula is C13H14ClNS. The largest absolute Gasteiger partial charge is 0.326 e. The van der Waals surface area contributed by atoms with Crippen molar-refractivity contribution < 1.29 is 0 Å². The monoisotopic (exact) mass is 251 g/mol. The molecule has 0 amide bonds. The van der Waals surface area contributed by atoms with Gasteiger partial charge in [0, 0.05) is 17.5 Å². The van der Waals surface area contributed by atoms with Crippen LogP contribution in [0.4, 0.5) is 0 Å². The fourth-order valence-electron chi connectivity index (χ4n) is 1.92. The van der Waals surface area contributed by atoms with E-state index in [2.05, 4.69) is 37.4 Å². The molecule has 0 aliphatic carbocycles. The molecule has 0 atom stereocenters. The van der Waals surface area contributed by atoms with E-state index in [0.717, 1.165) is 9.90 Å². The molecule has 1 heterocycles. The van der Waals surface area contributed by atoms with Crippen LogP contribution in [0.3, 0.4) is 0 Å². The molecule has 1 aromatic heterocycles. The molecule has 3 heteroatoms. The topological polar surface area (TPSA) is 26.0 Å². The standard InChI is InChI=1S/C13H14ClNS/c1-8-3-9(2)5-10(4-8)12-7-16-13(14)11(12)6-15/h3-5,7H,6,15H2,1-2H3. The minimum atomic E-state index is 0.491. The molecule has 0 fully saturated rings. The van der Waals surface area contributed by atoms with Crippen LogP contribution < -0.4 is 5.73 Å². The lowest BCUT2D eigenvalue weighted by Gasteiger charge is -2.06. The molecule has 1 nitrogen and oxygen atoms in total. The van der Waals surface area contributed by atoms with E-state index in [4.69, 9.17) is 17.3 Å². The Morgan fingerprint density at radius 3 is 2.38 bits per heavy atom. The SMILES string of the molecule is Cc1cc(C)cc(-c2csc(Cl)c2CN)c1. The van der Waals surface area contributed by atoms with Gasteiger partial charge in [-0.25, -0.2) is 0 Å². The summed E-state index contributed by atoms with van der Waals surface area (Å²) >= 11 is 7.66. The lowest BCUT2D eigenvalue weighted by molar-refractivity contribution is 1.08. The van der Waals surface area contributed by atoms with E-state index >= 15 is 0 Å². The summed E-state index contributed by atoms with van der Waals surface area (Å²) in [7, 11) is 0. The summed E-state index contributed by atoms with van der Waals surface area (Å²) in [5.74, 6) is 0. The van der Waals surface area contributed by atoms with Gasteiger partial charge in [0.05, 0.1) is 4.34 Å². The van der Waals surface area contributed by atoms with Crippen molar-refractivity contribution in [2.24, 2.45) is 5.73 Å². The minimum absolute atomic E-state index is 0.491. The van der Waals surface area contributed by atoms with Crippen LogP contribution in [0.5, 0.6) is 0 Å². The number of benzene rings is 1. The first-order valence-corrected chi connectivity index (χ1v) is 6.42. The third kappa shape index (κ3) is 2.14. The number of rotatable bonds is 2. The highest BCUT2D eigenvalue weighted by atomic mass is 35.5. The Morgan fingerprint density at radius 1 is 1.19 bits per heavy atom. The maximum absolute atomic E-state index is 6.11. The number of hydrogen-bond acceptors (Lipinski definition) is 2. The first-order chi connectivity index (χ1) is 7.61.